The highest BCUT2D eigenvalue weighted by molar-refractivity contribution is 6.06. The lowest BCUT2D eigenvalue weighted by Crippen LogP contribution is -2.24. The highest BCUT2D eigenvalue weighted by atomic mass is 16.2. The largest absolute Gasteiger partial charge is 0.346 e. The summed E-state index contributed by atoms with van der Waals surface area (Å²) in [5, 5.41) is 5.79. The zero-order chi connectivity index (χ0) is 20.1. The molecule has 3 rings (SSSR count). The van der Waals surface area contributed by atoms with Gasteiger partial charge in [-0.2, -0.15) is 0 Å². The first-order valence-electron chi connectivity index (χ1n) is 9.11. The summed E-state index contributed by atoms with van der Waals surface area (Å²) in [6.45, 7) is 6.30. The number of hydrogen-bond acceptors (Lipinski definition) is 3. The van der Waals surface area contributed by atoms with E-state index in [9.17, 15) is 9.59 Å². The van der Waals surface area contributed by atoms with Crippen LogP contribution in [0, 0.1) is 20.8 Å². The Morgan fingerprint density at radius 1 is 0.857 bits per heavy atom. The van der Waals surface area contributed by atoms with Gasteiger partial charge in [0.05, 0.1) is 12.2 Å². The molecule has 0 saturated heterocycles. The van der Waals surface area contributed by atoms with Crippen molar-refractivity contribution >= 4 is 17.5 Å². The van der Waals surface area contributed by atoms with E-state index in [2.05, 4.69) is 15.6 Å². The first kappa shape index (κ1) is 19.3. The summed E-state index contributed by atoms with van der Waals surface area (Å²) >= 11 is 0. The number of pyridine rings is 1. The number of anilines is 1. The first-order valence-corrected chi connectivity index (χ1v) is 9.11. The summed E-state index contributed by atoms with van der Waals surface area (Å²) in [4.78, 5) is 29.3. The van der Waals surface area contributed by atoms with E-state index in [1.807, 2.05) is 51.1 Å². The van der Waals surface area contributed by atoms with Crippen LogP contribution in [0.2, 0.25) is 0 Å². The van der Waals surface area contributed by atoms with E-state index in [1.165, 1.54) is 0 Å². The third-order valence-electron chi connectivity index (χ3n) is 4.46. The lowest BCUT2D eigenvalue weighted by atomic mass is 10.0. The number of aryl methyl sites for hydroxylation is 3. The predicted octanol–water partition coefficient (Wildman–Crippen LogP) is 4.19. The molecule has 0 aliphatic carbocycles. The molecule has 28 heavy (non-hydrogen) atoms. The summed E-state index contributed by atoms with van der Waals surface area (Å²) in [6, 6.07) is 16.3. The molecule has 0 radical (unpaired) electrons. The van der Waals surface area contributed by atoms with Gasteiger partial charge in [-0.1, -0.05) is 29.8 Å². The number of nitrogens with zero attached hydrogens (tertiary/aromatic N) is 1. The fraction of sp³-hybridized carbons (Fsp3) is 0.174. The summed E-state index contributed by atoms with van der Waals surface area (Å²) in [6.07, 6.45) is 1.68. The number of aromatic nitrogens is 1. The molecule has 1 heterocycles. The van der Waals surface area contributed by atoms with Crippen molar-refractivity contribution in [1.82, 2.24) is 10.3 Å². The quantitative estimate of drug-likeness (QED) is 0.704. The summed E-state index contributed by atoms with van der Waals surface area (Å²) in [7, 11) is 0. The van der Waals surface area contributed by atoms with Crippen molar-refractivity contribution in [1.29, 1.82) is 0 Å². The monoisotopic (exact) mass is 373 g/mol. The molecule has 5 heteroatoms. The van der Waals surface area contributed by atoms with Crippen molar-refractivity contribution in [3.05, 3.63) is 94.3 Å². The topological polar surface area (TPSA) is 71.1 Å². The maximum atomic E-state index is 12.7. The van der Waals surface area contributed by atoms with Crippen LogP contribution in [-0.4, -0.2) is 16.8 Å². The van der Waals surface area contributed by atoms with Crippen LogP contribution in [0.4, 0.5) is 5.69 Å². The lowest BCUT2D eigenvalue weighted by molar-refractivity contribution is 0.0950. The van der Waals surface area contributed by atoms with Crippen LogP contribution in [-0.2, 0) is 6.54 Å². The molecule has 5 nitrogen and oxygen atoms in total. The Kier molecular flexibility index (Phi) is 5.84. The minimum Gasteiger partial charge on any atom is -0.346 e. The van der Waals surface area contributed by atoms with E-state index < -0.39 is 0 Å². The van der Waals surface area contributed by atoms with Gasteiger partial charge in [-0.3, -0.25) is 14.6 Å². The molecular weight excluding hydrogens is 350 g/mol. The maximum Gasteiger partial charge on any atom is 0.255 e. The number of carbonyl (C=O) groups is 2. The van der Waals surface area contributed by atoms with Gasteiger partial charge in [0.1, 0.15) is 0 Å². The van der Waals surface area contributed by atoms with Crippen molar-refractivity contribution < 1.29 is 9.59 Å². The molecular formula is C23H23N3O2. The van der Waals surface area contributed by atoms with E-state index in [0.29, 0.717) is 17.7 Å². The van der Waals surface area contributed by atoms with Crippen LogP contribution >= 0.6 is 0 Å². The zero-order valence-electron chi connectivity index (χ0n) is 16.2. The normalized spacial score (nSPS) is 10.4. The van der Waals surface area contributed by atoms with Crippen LogP contribution in [0.3, 0.4) is 0 Å². The van der Waals surface area contributed by atoms with Gasteiger partial charge < -0.3 is 10.6 Å². The standard InChI is InChI=1S/C23H23N3O2/c1-15-11-16(2)21(17(3)12-15)26-23(28)19-8-6-7-18(13-19)22(27)25-14-20-9-4-5-10-24-20/h4-13H,14H2,1-3H3,(H,25,27)(H,26,28). The second-order valence-corrected chi connectivity index (χ2v) is 6.81. The van der Waals surface area contributed by atoms with Crippen LogP contribution in [0.15, 0.2) is 60.8 Å². The number of nitrogens with one attached hydrogen (secondary N) is 2. The van der Waals surface area contributed by atoms with Gasteiger partial charge in [-0.25, -0.2) is 0 Å². The fourth-order valence-electron chi connectivity index (χ4n) is 3.14. The molecule has 0 saturated carbocycles. The van der Waals surface area contributed by atoms with Crippen molar-refractivity contribution in [2.24, 2.45) is 0 Å². The SMILES string of the molecule is Cc1cc(C)c(NC(=O)c2cccc(C(=O)NCc3ccccn3)c2)c(C)c1. The highest BCUT2D eigenvalue weighted by Crippen LogP contribution is 2.22. The van der Waals surface area contributed by atoms with Gasteiger partial charge in [-0.05, 0) is 62.2 Å². The van der Waals surface area contributed by atoms with Crippen LogP contribution < -0.4 is 10.6 Å². The molecule has 2 N–H and O–H groups in total. The minimum absolute atomic E-state index is 0.241. The number of hydrogen-bond donors (Lipinski definition) is 2. The first-order chi connectivity index (χ1) is 13.4. The molecule has 142 valence electrons. The Labute approximate surface area is 164 Å². The highest BCUT2D eigenvalue weighted by Gasteiger charge is 2.13. The Balaban J connectivity index is 1.72. The molecule has 0 aliphatic heterocycles. The Bertz CT molecular complexity index is 990. The van der Waals surface area contributed by atoms with Gasteiger partial charge in [-0.15, -0.1) is 0 Å². The summed E-state index contributed by atoms with van der Waals surface area (Å²) in [5.41, 5.74) is 5.62. The van der Waals surface area contributed by atoms with Crippen molar-refractivity contribution in [2.45, 2.75) is 27.3 Å². The summed E-state index contributed by atoms with van der Waals surface area (Å²) in [5.74, 6) is -0.488. The van der Waals surface area contributed by atoms with Crippen LogP contribution in [0.1, 0.15) is 43.1 Å². The molecule has 3 aromatic rings. The summed E-state index contributed by atoms with van der Waals surface area (Å²) < 4.78 is 0. The van der Waals surface area contributed by atoms with E-state index in [0.717, 1.165) is 28.1 Å². The molecule has 0 fully saturated rings. The third-order valence-corrected chi connectivity index (χ3v) is 4.46. The molecule has 1 aromatic heterocycles. The van der Waals surface area contributed by atoms with E-state index in [1.54, 1.807) is 30.5 Å². The van der Waals surface area contributed by atoms with Crippen molar-refractivity contribution in [2.75, 3.05) is 5.32 Å². The minimum atomic E-state index is -0.247. The number of carbonyl (C=O) groups excluding carboxylic acids is 2. The fourth-order valence-corrected chi connectivity index (χ4v) is 3.14. The van der Waals surface area contributed by atoms with Crippen LogP contribution in [0.25, 0.3) is 0 Å². The molecule has 2 aromatic carbocycles. The number of amides is 2. The van der Waals surface area contributed by atoms with Crippen LogP contribution in [0.5, 0.6) is 0 Å². The Morgan fingerprint density at radius 3 is 2.18 bits per heavy atom. The average Bonchev–Trinajstić information content (AvgIpc) is 2.69. The van der Waals surface area contributed by atoms with Gasteiger partial charge in [0.25, 0.3) is 11.8 Å². The van der Waals surface area contributed by atoms with E-state index in [-0.39, 0.29) is 11.8 Å². The Hall–Kier alpha value is -3.47. The molecule has 0 atom stereocenters. The predicted molar refractivity (Wildman–Crippen MR) is 110 cm³/mol. The van der Waals surface area contributed by atoms with Crippen molar-refractivity contribution in [3.63, 3.8) is 0 Å². The molecule has 0 aliphatic rings. The number of benzene rings is 2. The average molecular weight is 373 g/mol. The lowest BCUT2D eigenvalue weighted by Gasteiger charge is -2.13. The zero-order valence-corrected chi connectivity index (χ0v) is 16.2. The van der Waals surface area contributed by atoms with Gasteiger partial charge in [0, 0.05) is 23.0 Å². The van der Waals surface area contributed by atoms with Gasteiger partial charge >= 0.3 is 0 Å². The maximum absolute atomic E-state index is 12.7. The van der Waals surface area contributed by atoms with Gasteiger partial charge in [0.2, 0.25) is 0 Å². The number of rotatable bonds is 5. The van der Waals surface area contributed by atoms with Gasteiger partial charge in [0.15, 0.2) is 0 Å². The van der Waals surface area contributed by atoms with Crippen molar-refractivity contribution in [3.8, 4) is 0 Å². The van der Waals surface area contributed by atoms with E-state index in [4.69, 9.17) is 0 Å². The third kappa shape index (κ3) is 4.62. The molecule has 0 spiro atoms. The second-order valence-electron chi connectivity index (χ2n) is 6.81. The smallest absolute Gasteiger partial charge is 0.255 e. The molecule has 0 unspecified atom stereocenters. The second kappa shape index (κ2) is 8.48. The molecule has 0 bridgehead atoms. The van der Waals surface area contributed by atoms with E-state index >= 15 is 0 Å². The Morgan fingerprint density at radius 2 is 1.54 bits per heavy atom. The molecule has 2 amide bonds.